The van der Waals surface area contributed by atoms with E-state index in [0.29, 0.717) is 11.5 Å². The van der Waals surface area contributed by atoms with E-state index in [-0.39, 0.29) is 5.91 Å². The Balaban J connectivity index is 2.41. The Morgan fingerprint density at radius 1 is 1.11 bits per heavy atom. The van der Waals surface area contributed by atoms with Crippen LogP contribution in [-0.4, -0.2) is 5.91 Å². The van der Waals surface area contributed by atoms with Gasteiger partial charge < -0.3 is 5.73 Å². The van der Waals surface area contributed by atoms with E-state index < -0.39 is 0 Å². The van der Waals surface area contributed by atoms with Crippen molar-refractivity contribution in [3.63, 3.8) is 0 Å². The van der Waals surface area contributed by atoms with Crippen LogP contribution in [0.3, 0.4) is 0 Å². The molecule has 106 valence electrons. The summed E-state index contributed by atoms with van der Waals surface area (Å²) in [5.41, 5.74) is 7.21. The van der Waals surface area contributed by atoms with Gasteiger partial charge in [-0.2, -0.15) is 0 Å². The van der Waals surface area contributed by atoms with Gasteiger partial charge in [0, 0.05) is 5.56 Å². The van der Waals surface area contributed by atoms with E-state index in [1.54, 1.807) is 0 Å². The summed E-state index contributed by atoms with van der Waals surface area (Å²) >= 11 is 0. The molecule has 0 aliphatic rings. The molecule has 0 aromatic heterocycles. The molecule has 1 unspecified atom stereocenters. The van der Waals surface area contributed by atoms with Crippen molar-refractivity contribution in [1.82, 2.24) is 0 Å². The fourth-order valence-electron chi connectivity index (χ4n) is 2.54. The van der Waals surface area contributed by atoms with Crippen LogP contribution in [0, 0.1) is 0 Å². The van der Waals surface area contributed by atoms with Crippen LogP contribution >= 0.6 is 0 Å². The molecule has 0 saturated carbocycles. The van der Waals surface area contributed by atoms with Crippen molar-refractivity contribution in [1.29, 1.82) is 0 Å². The number of benzene rings is 1. The van der Waals surface area contributed by atoms with Gasteiger partial charge in [0.05, 0.1) is 0 Å². The highest BCUT2D eigenvalue weighted by Crippen LogP contribution is 2.25. The first-order valence-electron chi connectivity index (χ1n) is 7.55. The van der Waals surface area contributed by atoms with Gasteiger partial charge >= 0.3 is 0 Å². The smallest absolute Gasteiger partial charge is 0.248 e. The number of primary amides is 1. The topological polar surface area (TPSA) is 43.1 Å². The van der Waals surface area contributed by atoms with Crippen molar-refractivity contribution in [3.05, 3.63) is 35.4 Å². The van der Waals surface area contributed by atoms with Crippen molar-refractivity contribution < 1.29 is 4.79 Å². The van der Waals surface area contributed by atoms with Crippen molar-refractivity contribution in [3.8, 4) is 0 Å². The molecule has 19 heavy (non-hydrogen) atoms. The lowest BCUT2D eigenvalue weighted by molar-refractivity contribution is 0.0999. The maximum absolute atomic E-state index is 11.4. The second-order valence-electron chi connectivity index (χ2n) is 5.41. The number of rotatable bonds is 9. The van der Waals surface area contributed by atoms with Crippen LogP contribution in [0.1, 0.15) is 80.6 Å². The minimum absolute atomic E-state index is 0.314. The van der Waals surface area contributed by atoms with E-state index in [4.69, 9.17) is 5.73 Å². The third-order valence-corrected chi connectivity index (χ3v) is 3.75. The van der Waals surface area contributed by atoms with Crippen LogP contribution in [-0.2, 0) is 0 Å². The molecule has 0 spiro atoms. The summed E-state index contributed by atoms with van der Waals surface area (Å²) in [5, 5.41) is 0. The number of amides is 1. The molecule has 0 aliphatic carbocycles. The first-order chi connectivity index (χ1) is 9.16. The minimum Gasteiger partial charge on any atom is -0.366 e. The van der Waals surface area contributed by atoms with Crippen molar-refractivity contribution in [2.45, 2.75) is 64.7 Å². The molecular weight excluding hydrogens is 234 g/mol. The van der Waals surface area contributed by atoms with E-state index in [1.165, 1.54) is 38.5 Å². The van der Waals surface area contributed by atoms with E-state index in [2.05, 4.69) is 13.8 Å². The van der Waals surface area contributed by atoms with Crippen LogP contribution in [0.5, 0.6) is 0 Å². The third kappa shape index (κ3) is 5.46. The van der Waals surface area contributed by atoms with Gasteiger partial charge in [-0.1, -0.05) is 70.6 Å². The zero-order valence-corrected chi connectivity index (χ0v) is 12.3. The predicted molar refractivity (Wildman–Crippen MR) is 81.4 cm³/mol. The summed E-state index contributed by atoms with van der Waals surface area (Å²) in [6.45, 7) is 4.43. The van der Waals surface area contributed by atoms with Crippen LogP contribution in [0.4, 0.5) is 0 Å². The Morgan fingerprint density at radius 3 is 2.42 bits per heavy atom. The number of carbonyl (C=O) groups excluding carboxylic acids is 1. The molecule has 0 aliphatic heterocycles. The summed E-state index contributed by atoms with van der Waals surface area (Å²) in [6, 6.07) is 7.72. The zero-order valence-electron chi connectivity index (χ0n) is 12.3. The fourth-order valence-corrected chi connectivity index (χ4v) is 2.54. The largest absolute Gasteiger partial charge is 0.366 e. The van der Waals surface area contributed by atoms with Crippen molar-refractivity contribution >= 4 is 5.91 Å². The summed E-state index contributed by atoms with van der Waals surface area (Å²) in [6.07, 6.45) is 8.99. The summed E-state index contributed by atoms with van der Waals surface area (Å²) < 4.78 is 0. The van der Waals surface area contributed by atoms with Crippen molar-refractivity contribution in [2.24, 2.45) is 5.73 Å². The third-order valence-electron chi connectivity index (χ3n) is 3.75. The molecule has 1 atom stereocenters. The highest BCUT2D eigenvalue weighted by Gasteiger charge is 2.13. The molecule has 0 heterocycles. The highest BCUT2D eigenvalue weighted by atomic mass is 16.1. The molecule has 0 saturated heterocycles. The summed E-state index contributed by atoms with van der Waals surface area (Å²) in [5.74, 6) is 0.0975. The monoisotopic (exact) mass is 261 g/mol. The van der Waals surface area contributed by atoms with Gasteiger partial charge in [-0.25, -0.2) is 0 Å². The second-order valence-corrected chi connectivity index (χ2v) is 5.41. The second kappa shape index (κ2) is 8.73. The fraction of sp³-hybridized carbons (Fsp3) is 0.588. The SMILES string of the molecule is CCCCCCCCC(C)c1ccccc1C(N)=O. The van der Waals surface area contributed by atoms with Gasteiger partial charge in [0.15, 0.2) is 0 Å². The molecule has 1 rings (SSSR count). The summed E-state index contributed by atoms with van der Waals surface area (Å²) in [4.78, 5) is 11.4. The number of hydrogen-bond acceptors (Lipinski definition) is 1. The number of carbonyl (C=O) groups is 1. The van der Waals surface area contributed by atoms with E-state index in [9.17, 15) is 4.79 Å². The van der Waals surface area contributed by atoms with Crippen LogP contribution in [0.15, 0.2) is 24.3 Å². The molecule has 1 aromatic rings. The molecule has 0 fully saturated rings. The Hall–Kier alpha value is -1.31. The Kier molecular flexibility index (Phi) is 7.24. The zero-order chi connectivity index (χ0) is 14.1. The molecule has 2 nitrogen and oxygen atoms in total. The van der Waals surface area contributed by atoms with Crippen molar-refractivity contribution in [2.75, 3.05) is 0 Å². The number of unbranched alkanes of at least 4 members (excludes halogenated alkanes) is 5. The average molecular weight is 261 g/mol. The molecular formula is C17H27NO. The van der Waals surface area contributed by atoms with Crippen LogP contribution < -0.4 is 5.73 Å². The number of hydrogen-bond donors (Lipinski definition) is 1. The maximum atomic E-state index is 11.4. The molecule has 1 amide bonds. The van der Waals surface area contributed by atoms with E-state index >= 15 is 0 Å². The number of nitrogens with two attached hydrogens (primary N) is 1. The minimum atomic E-state index is -0.314. The van der Waals surface area contributed by atoms with Crippen LogP contribution in [0.25, 0.3) is 0 Å². The quantitative estimate of drug-likeness (QED) is 0.646. The Bertz CT molecular complexity index is 387. The Morgan fingerprint density at radius 2 is 1.74 bits per heavy atom. The Labute approximate surface area is 117 Å². The van der Waals surface area contributed by atoms with E-state index in [0.717, 1.165) is 12.0 Å². The van der Waals surface area contributed by atoms with Gasteiger partial charge in [0.25, 0.3) is 0 Å². The molecule has 0 bridgehead atoms. The summed E-state index contributed by atoms with van der Waals surface area (Å²) in [7, 11) is 0. The first-order valence-corrected chi connectivity index (χ1v) is 7.55. The molecule has 2 N–H and O–H groups in total. The normalized spacial score (nSPS) is 12.3. The van der Waals surface area contributed by atoms with Gasteiger partial charge in [0.1, 0.15) is 0 Å². The first kappa shape index (κ1) is 15.7. The van der Waals surface area contributed by atoms with Gasteiger partial charge in [-0.15, -0.1) is 0 Å². The highest BCUT2D eigenvalue weighted by molar-refractivity contribution is 5.94. The molecule has 2 heteroatoms. The maximum Gasteiger partial charge on any atom is 0.248 e. The predicted octanol–water partition coefficient (Wildman–Crippen LogP) is 4.64. The molecule has 0 radical (unpaired) electrons. The standard InChI is InChI=1S/C17H27NO/c1-3-4-5-6-7-8-11-14(2)15-12-9-10-13-16(15)17(18)19/h9-10,12-14H,3-8,11H2,1-2H3,(H2,18,19). The molecule has 1 aromatic carbocycles. The lowest BCUT2D eigenvalue weighted by Gasteiger charge is -2.14. The average Bonchev–Trinajstić information content (AvgIpc) is 2.42. The van der Waals surface area contributed by atoms with Crippen LogP contribution in [0.2, 0.25) is 0 Å². The lowest BCUT2D eigenvalue weighted by Crippen LogP contribution is -2.14. The lowest BCUT2D eigenvalue weighted by atomic mass is 9.91. The van der Waals surface area contributed by atoms with Gasteiger partial charge in [0.2, 0.25) is 5.91 Å². The van der Waals surface area contributed by atoms with Gasteiger partial charge in [-0.05, 0) is 24.0 Å². The van der Waals surface area contributed by atoms with E-state index in [1.807, 2.05) is 24.3 Å². The van der Waals surface area contributed by atoms with Gasteiger partial charge in [-0.3, -0.25) is 4.79 Å².